The molecule has 0 aromatic heterocycles. The van der Waals surface area contributed by atoms with Gasteiger partial charge in [0.15, 0.2) is 0 Å². The first kappa shape index (κ1) is 15.2. The van der Waals surface area contributed by atoms with Gasteiger partial charge in [-0.1, -0.05) is 64.8 Å². The standard InChI is InChI=1S/C14H22.C2H6/c1-12(2)8-4-6-10-14-11-7-5-9-13(14)3;1-2/h5,7,9,11-12H,4,6,8,10H2,1-3H3;1-2H3. The molecule has 0 amide bonds. The van der Waals surface area contributed by atoms with Crippen LogP contribution in [-0.4, -0.2) is 0 Å². The fraction of sp³-hybridized carbons (Fsp3) is 0.625. The quantitative estimate of drug-likeness (QED) is 0.584. The van der Waals surface area contributed by atoms with Crippen molar-refractivity contribution in [2.24, 2.45) is 5.92 Å². The summed E-state index contributed by atoms with van der Waals surface area (Å²) < 4.78 is 0. The van der Waals surface area contributed by atoms with Crippen molar-refractivity contribution in [3.63, 3.8) is 0 Å². The maximum Gasteiger partial charge on any atom is -0.0276 e. The van der Waals surface area contributed by atoms with Crippen molar-refractivity contribution in [1.82, 2.24) is 0 Å². The van der Waals surface area contributed by atoms with Crippen LogP contribution in [0.4, 0.5) is 0 Å². The molecule has 0 atom stereocenters. The summed E-state index contributed by atoms with van der Waals surface area (Å²) in [6.45, 7) is 10.8. The van der Waals surface area contributed by atoms with Crippen LogP contribution in [0.5, 0.6) is 0 Å². The van der Waals surface area contributed by atoms with Crippen molar-refractivity contribution < 1.29 is 0 Å². The molecule has 0 heterocycles. The molecule has 0 unspecified atom stereocenters. The summed E-state index contributed by atoms with van der Waals surface area (Å²) in [6, 6.07) is 8.72. The third-order valence-electron chi connectivity index (χ3n) is 2.74. The second-order valence-corrected chi connectivity index (χ2v) is 4.57. The smallest absolute Gasteiger partial charge is 0.0276 e. The van der Waals surface area contributed by atoms with Gasteiger partial charge in [-0.2, -0.15) is 0 Å². The monoisotopic (exact) mass is 220 g/mol. The Balaban J connectivity index is 0.00000106. The number of hydrogen-bond acceptors (Lipinski definition) is 0. The lowest BCUT2D eigenvalue weighted by atomic mass is 10.00. The summed E-state index contributed by atoms with van der Waals surface area (Å²) in [4.78, 5) is 0. The molecule has 0 saturated carbocycles. The average molecular weight is 220 g/mol. The van der Waals surface area contributed by atoms with Crippen LogP contribution in [0.3, 0.4) is 0 Å². The van der Waals surface area contributed by atoms with Gasteiger partial charge in [0.1, 0.15) is 0 Å². The summed E-state index contributed by atoms with van der Waals surface area (Å²) in [5.41, 5.74) is 2.97. The van der Waals surface area contributed by atoms with Gasteiger partial charge in [-0.3, -0.25) is 0 Å². The van der Waals surface area contributed by atoms with Gasteiger partial charge in [0, 0.05) is 0 Å². The molecule has 92 valence electrons. The lowest BCUT2D eigenvalue weighted by Gasteiger charge is -2.06. The molecular formula is C16H28. The van der Waals surface area contributed by atoms with Gasteiger partial charge in [0.25, 0.3) is 0 Å². The van der Waals surface area contributed by atoms with Crippen LogP contribution in [0, 0.1) is 12.8 Å². The molecule has 16 heavy (non-hydrogen) atoms. The minimum Gasteiger partial charge on any atom is -0.0683 e. The normalized spacial score (nSPS) is 9.88. The van der Waals surface area contributed by atoms with Crippen molar-refractivity contribution in [3.8, 4) is 0 Å². The maximum absolute atomic E-state index is 2.30. The third kappa shape index (κ3) is 6.66. The zero-order valence-corrected chi connectivity index (χ0v) is 11.7. The number of aryl methyl sites for hydroxylation is 2. The molecule has 0 heteroatoms. The molecule has 0 radical (unpaired) electrons. The molecule has 1 aromatic carbocycles. The highest BCUT2D eigenvalue weighted by atomic mass is 14.0. The van der Waals surface area contributed by atoms with Crippen molar-refractivity contribution in [2.75, 3.05) is 0 Å². The molecule has 0 aliphatic rings. The predicted molar refractivity (Wildman–Crippen MR) is 74.9 cm³/mol. The SMILES string of the molecule is CC.Cc1ccccc1CCCCC(C)C. The lowest BCUT2D eigenvalue weighted by molar-refractivity contribution is 0.538. The van der Waals surface area contributed by atoms with Gasteiger partial charge in [-0.15, -0.1) is 0 Å². The fourth-order valence-electron chi connectivity index (χ4n) is 1.76. The molecule has 0 bridgehead atoms. The number of hydrogen-bond donors (Lipinski definition) is 0. The van der Waals surface area contributed by atoms with E-state index in [1.807, 2.05) is 13.8 Å². The number of rotatable bonds is 5. The van der Waals surface area contributed by atoms with Crippen LogP contribution in [-0.2, 0) is 6.42 Å². The van der Waals surface area contributed by atoms with Crippen molar-refractivity contribution >= 4 is 0 Å². The Morgan fingerprint density at radius 2 is 1.62 bits per heavy atom. The minimum atomic E-state index is 0.854. The van der Waals surface area contributed by atoms with Crippen LogP contribution in [0.1, 0.15) is 58.1 Å². The van der Waals surface area contributed by atoms with E-state index in [1.54, 1.807) is 0 Å². The summed E-state index contributed by atoms with van der Waals surface area (Å²) >= 11 is 0. The van der Waals surface area contributed by atoms with Crippen molar-refractivity contribution in [3.05, 3.63) is 35.4 Å². The van der Waals surface area contributed by atoms with E-state index < -0.39 is 0 Å². The third-order valence-corrected chi connectivity index (χ3v) is 2.74. The van der Waals surface area contributed by atoms with Crippen LogP contribution in [0.2, 0.25) is 0 Å². The number of unbranched alkanes of at least 4 members (excludes halogenated alkanes) is 1. The molecule has 0 nitrogen and oxygen atoms in total. The van der Waals surface area contributed by atoms with E-state index in [0.29, 0.717) is 0 Å². The molecule has 0 aliphatic heterocycles. The first-order valence-electron chi connectivity index (χ1n) is 6.74. The Hall–Kier alpha value is -0.780. The summed E-state index contributed by atoms with van der Waals surface area (Å²) in [6.07, 6.45) is 5.32. The van der Waals surface area contributed by atoms with E-state index in [2.05, 4.69) is 45.0 Å². The van der Waals surface area contributed by atoms with Gasteiger partial charge in [0.2, 0.25) is 0 Å². The fourth-order valence-corrected chi connectivity index (χ4v) is 1.76. The van der Waals surface area contributed by atoms with Gasteiger partial charge in [-0.25, -0.2) is 0 Å². The van der Waals surface area contributed by atoms with E-state index in [9.17, 15) is 0 Å². The van der Waals surface area contributed by atoms with Gasteiger partial charge in [-0.05, 0) is 36.8 Å². The van der Waals surface area contributed by atoms with Crippen molar-refractivity contribution in [2.45, 2.75) is 60.3 Å². The molecule has 0 aliphatic carbocycles. The Bertz CT molecular complexity index is 260. The van der Waals surface area contributed by atoms with Gasteiger partial charge in [0.05, 0.1) is 0 Å². The second-order valence-electron chi connectivity index (χ2n) is 4.57. The average Bonchev–Trinajstić information content (AvgIpc) is 2.29. The molecule has 1 aromatic rings. The number of benzene rings is 1. The zero-order chi connectivity index (χ0) is 12.4. The lowest BCUT2D eigenvalue weighted by Crippen LogP contribution is -1.92. The van der Waals surface area contributed by atoms with E-state index in [-0.39, 0.29) is 0 Å². The topological polar surface area (TPSA) is 0 Å². The summed E-state index contributed by atoms with van der Waals surface area (Å²) in [5.74, 6) is 0.854. The highest BCUT2D eigenvalue weighted by molar-refractivity contribution is 5.25. The Morgan fingerprint density at radius 3 is 2.19 bits per heavy atom. The Labute approximate surface area is 102 Å². The van der Waals surface area contributed by atoms with Crippen molar-refractivity contribution in [1.29, 1.82) is 0 Å². The summed E-state index contributed by atoms with van der Waals surface area (Å²) in [7, 11) is 0. The van der Waals surface area contributed by atoms with Gasteiger partial charge < -0.3 is 0 Å². The van der Waals surface area contributed by atoms with E-state index in [4.69, 9.17) is 0 Å². The first-order chi connectivity index (χ1) is 7.70. The highest BCUT2D eigenvalue weighted by Crippen LogP contribution is 2.13. The molecule has 0 fully saturated rings. The van der Waals surface area contributed by atoms with Crippen LogP contribution >= 0.6 is 0 Å². The molecule has 0 N–H and O–H groups in total. The van der Waals surface area contributed by atoms with E-state index >= 15 is 0 Å². The Morgan fingerprint density at radius 1 is 1.00 bits per heavy atom. The highest BCUT2D eigenvalue weighted by Gasteiger charge is 1.98. The van der Waals surface area contributed by atoms with E-state index in [0.717, 1.165) is 5.92 Å². The largest absolute Gasteiger partial charge is 0.0683 e. The Kier molecular flexibility index (Phi) is 8.99. The first-order valence-corrected chi connectivity index (χ1v) is 6.74. The molecule has 0 saturated heterocycles. The summed E-state index contributed by atoms with van der Waals surface area (Å²) in [5, 5.41) is 0. The van der Waals surface area contributed by atoms with Crippen LogP contribution in [0.15, 0.2) is 24.3 Å². The molecule has 0 spiro atoms. The maximum atomic E-state index is 2.30. The molecule has 1 rings (SSSR count). The minimum absolute atomic E-state index is 0.854. The van der Waals surface area contributed by atoms with Crippen LogP contribution < -0.4 is 0 Å². The second kappa shape index (κ2) is 9.45. The van der Waals surface area contributed by atoms with Gasteiger partial charge >= 0.3 is 0 Å². The predicted octanol–water partition coefficient (Wildman–Crippen LogP) is 5.39. The van der Waals surface area contributed by atoms with Crippen LogP contribution in [0.25, 0.3) is 0 Å². The zero-order valence-electron chi connectivity index (χ0n) is 11.7. The molecular weight excluding hydrogens is 192 g/mol. The van der Waals surface area contributed by atoms with E-state index in [1.165, 1.54) is 36.8 Å².